The molecule has 0 aromatic heterocycles. The third-order valence-electron chi connectivity index (χ3n) is 4.32. The van der Waals surface area contributed by atoms with Crippen LogP contribution in [0.4, 0.5) is 4.39 Å². The Morgan fingerprint density at radius 2 is 1.52 bits per heavy atom. The van der Waals surface area contributed by atoms with Gasteiger partial charge in [0.25, 0.3) is 5.91 Å². The molecule has 0 saturated carbocycles. The molecule has 1 heterocycles. The van der Waals surface area contributed by atoms with Crippen LogP contribution in [0.1, 0.15) is 15.9 Å². The summed E-state index contributed by atoms with van der Waals surface area (Å²) in [6.45, 7) is 1.65. The number of halogens is 2. The second-order valence-corrected chi connectivity index (χ2v) is 6.33. The SMILES string of the molecule is O=C(Cc1ccccc1Cl)N1CCN(C(=O)c2ccccc2F)CC1. The van der Waals surface area contributed by atoms with E-state index >= 15 is 0 Å². The molecule has 0 atom stereocenters. The Labute approximate surface area is 150 Å². The molecule has 0 unspecified atom stereocenters. The third-order valence-corrected chi connectivity index (χ3v) is 4.69. The maximum atomic E-state index is 13.8. The molecule has 1 fully saturated rings. The van der Waals surface area contributed by atoms with E-state index in [0.29, 0.717) is 31.2 Å². The zero-order valence-electron chi connectivity index (χ0n) is 13.6. The van der Waals surface area contributed by atoms with E-state index in [1.807, 2.05) is 18.2 Å². The van der Waals surface area contributed by atoms with Crippen molar-refractivity contribution in [3.63, 3.8) is 0 Å². The van der Waals surface area contributed by atoms with Crippen LogP contribution in [0.25, 0.3) is 0 Å². The van der Waals surface area contributed by atoms with E-state index < -0.39 is 5.82 Å². The van der Waals surface area contributed by atoms with E-state index in [0.717, 1.165) is 5.56 Å². The van der Waals surface area contributed by atoms with Gasteiger partial charge in [-0.05, 0) is 23.8 Å². The van der Waals surface area contributed by atoms with E-state index in [4.69, 9.17) is 11.6 Å². The highest BCUT2D eigenvalue weighted by molar-refractivity contribution is 6.31. The van der Waals surface area contributed by atoms with Gasteiger partial charge in [0.05, 0.1) is 12.0 Å². The van der Waals surface area contributed by atoms with Gasteiger partial charge in [-0.25, -0.2) is 4.39 Å². The Balaban J connectivity index is 1.58. The molecule has 3 rings (SSSR count). The van der Waals surface area contributed by atoms with Crippen LogP contribution in [0.15, 0.2) is 48.5 Å². The highest BCUT2D eigenvalue weighted by Crippen LogP contribution is 2.17. The molecule has 2 aromatic carbocycles. The van der Waals surface area contributed by atoms with E-state index in [2.05, 4.69) is 0 Å². The Morgan fingerprint density at radius 1 is 0.920 bits per heavy atom. The molecule has 0 bridgehead atoms. The second kappa shape index (κ2) is 7.66. The molecular formula is C19H18ClFN2O2. The highest BCUT2D eigenvalue weighted by Gasteiger charge is 2.26. The van der Waals surface area contributed by atoms with Gasteiger partial charge in [0.1, 0.15) is 5.82 Å². The fraction of sp³-hybridized carbons (Fsp3) is 0.263. The molecule has 1 aliphatic heterocycles. The number of hydrogen-bond donors (Lipinski definition) is 0. The molecule has 25 heavy (non-hydrogen) atoms. The number of hydrogen-bond acceptors (Lipinski definition) is 2. The number of carbonyl (C=O) groups is 2. The zero-order valence-corrected chi connectivity index (χ0v) is 14.4. The molecule has 0 spiro atoms. The number of benzene rings is 2. The van der Waals surface area contributed by atoms with Crippen LogP contribution in [0.2, 0.25) is 5.02 Å². The predicted molar refractivity (Wildman–Crippen MR) is 94.0 cm³/mol. The average Bonchev–Trinajstić information content (AvgIpc) is 2.63. The van der Waals surface area contributed by atoms with Gasteiger partial charge >= 0.3 is 0 Å². The van der Waals surface area contributed by atoms with Gasteiger partial charge in [-0.2, -0.15) is 0 Å². The number of carbonyl (C=O) groups excluding carboxylic acids is 2. The van der Waals surface area contributed by atoms with Gasteiger partial charge in [-0.1, -0.05) is 41.9 Å². The van der Waals surface area contributed by atoms with Gasteiger partial charge in [0.15, 0.2) is 0 Å². The lowest BCUT2D eigenvalue weighted by Crippen LogP contribution is -2.51. The van der Waals surface area contributed by atoms with Crippen molar-refractivity contribution in [1.82, 2.24) is 9.80 Å². The van der Waals surface area contributed by atoms with Gasteiger partial charge in [-0.15, -0.1) is 0 Å². The van der Waals surface area contributed by atoms with E-state index in [1.54, 1.807) is 28.0 Å². The van der Waals surface area contributed by atoms with Crippen molar-refractivity contribution in [3.05, 3.63) is 70.5 Å². The first-order chi connectivity index (χ1) is 12.1. The van der Waals surface area contributed by atoms with Gasteiger partial charge < -0.3 is 9.80 Å². The fourth-order valence-corrected chi connectivity index (χ4v) is 3.08. The minimum atomic E-state index is -0.523. The van der Waals surface area contributed by atoms with Crippen LogP contribution in [0.3, 0.4) is 0 Å². The first-order valence-electron chi connectivity index (χ1n) is 8.11. The fourth-order valence-electron chi connectivity index (χ4n) is 2.88. The Hall–Kier alpha value is -2.40. The van der Waals surface area contributed by atoms with Crippen molar-refractivity contribution in [1.29, 1.82) is 0 Å². The lowest BCUT2D eigenvalue weighted by molar-refractivity contribution is -0.131. The summed E-state index contributed by atoms with van der Waals surface area (Å²) < 4.78 is 13.8. The normalized spacial score (nSPS) is 14.5. The summed E-state index contributed by atoms with van der Waals surface area (Å²) in [5.74, 6) is -0.882. The van der Waals surface area contributed by atoms with Crippen molar-refractivity contribution in [2.24, 2.45) is 0 Å². The third kappa shape index (κ3) is 3.99. The Morgan fingerprint density at radius 3 is 2.20 bits per heavy atom. The first-order valence-corrected chi connectivity index (χ1v) is 8.49. The lowest BCUT2D eigenvalue weighted by Gasteiger charge is -2.35. The molecule has 2 amide bonds. The summed E-state index contributed by atoms with van der Waals surface area (Å²) in [7, 11) is 0. The number of amides is 2. The molecule has 1 saturated heterocycles. The maximum Gasteiger partial charge on any atom is 0.256 e. The van der Waals surface area contributed by atoms with E-state index in [-0.39, 0.29) is 23.8 Å². The lowest BCUT2D eigenvalue weighted by atomic mass is 10.1. The summed E-state index contributed by atoms with van der Waals surface area (Å²) in [6.07, 6.45) is 0.237. The monoisotopic (exact) mass is 360 g/mol. The van der Waals surface area contributed by atoms with Gasteiger partial charge in [0, 0.05) is 31.2 Å². The standard InChI is InChI=1S/C19H18ClFN2O2/c20-16-7-3-1-5-14(16)13-18(24)22-9-11-23(12-10-22)19(25)15-6-2-4-8-17(15)21/h1-8H,9-13H2. The van der Waals surface area contributed by atoms with Crippen LogP contribution in [-0.4, -0.2) is 47.8 Å². The number of nitrogens with zero attached hydrogens (tertiary/aromatic N) is 2. The van der Waals surface area contributed by atoms with Crippen LogP contribution in [0.5, 0.6) is 0 Å². The van der Waals surface area contributed by atoms with Crippen LogP contribution >= 0.6 is 11.6 Å². The molecule has 0 aliphatic carbocycles. The quantitative estimate of drug-likeness (QED) is 0.844. The van der Waals surface area contributed by atoms with Crippen molar-refractivity contribution >= 4 is 23.4 Å². The molecular weight excluding hydrogens is 343 g/mol. The summed E-state index contributed by atoms with van der Waals surface area (Å²) in [5, 5.41) is 0.573. The largest absolute Gasteiger partial charge is 0.339 e. The van der Waals surface area contributed by atoms with Crippen molar-refractivity contribution in [2.45, 2.75) is 6.42 Å². The molecule has 130 valence electrons. The van der Waals surface area contributed by atoms with Gasteiger partial charge in [-0.3, -0.25) is 9.59 Å². The highest BCUT2D eigenvalue weighted by atomic mass is 35.5. The molecule has 0 N–H and O–H groups in total. The second-order valence-electron chi connectivity index (χ2n) is 5.92. The zero-order chi connectivity index (χ0) is 17.8. The Kier molecular flexibility index (Phi) is 5.34. The van der Waals surface area contributed by atoms with E-state index in [9.17, 15) is 14.0 Å². The van der Waals surface area contributed by atoms with Crippen molar-refractivity contribution in [3.8, 4) is 0 Å². The molecule has 6 heteroatoms. The number of piperazine rings is 1. The number of rotatable bonds is 3. The molecule has 1 aliphatic rings. The van der Waals surface area contributed by atoms with Crippen molar-refractivity contribution < 1.29 is 14.0 Å². The minimum absolute atomic E-state index is 0.0221. The molecule has 4 nitrogen and oxygen atoms in total. The van der Waals surface area contributed by atoms with Crippen LogP contribution in [-0.2, 0) is 11.2 Å². The summed E-state index contributed by atoms with van der Waals surface area (Å²) in [6, 6.07) is 13.2. The van der Waals surface area contributed by atoms with Crippen LogP contribution < -0.4 is 0 Å². The van der Waals surface area contributed by atoms with Gasteiger partial charge in [0.2, 0.25) is 5.91 Å². The van der Waals surface area contributed by atoms with E-state index in [1.165, 1.54) is 12.1 Å². The minimum Gasteiger partial charge on any atom is -0.339 e. The molecule has 0 radical (unpaired) electrons. The maximum absolute atomic E-state index is 13.8. The smallest absolute Gasteiger partial charge is 0.256 e. The summed E-state index contributed by atoms with van der Waals surface area (Å²) >= 11 is 6.10. The summed E-state index contributed by atoms with van der Waals surface area (Å²) in [4.78, 5) is 28.1. The van der Waals surface area contributed by atoms with Crippen LogP contribution in [0, 0.1) is 5.82 Å². The average molecular weight is 361 g/mol. The predicted octanol–water partition coefficient (Wildman–Crippen LogP) is 3.01. The molecule has 2 aromatic rings. The van der Waals surface area contributed by atoms with Crippen molar-refractivity contribution in [2.75, 3.05) is 26.2 Å². The first kappa shape index (κ1) is 17.4. The Bertz CT molecular complexity index is 788. The topological polar surface area (TPSA) is 40.6 Å². The summed E-state index contributed by atoms with van der Waals surface area (Å²) in [5.41, 5.74) is 0.859.